The number of benzene rings is 2. The Morgan fingerprint density at radius 2 is 1.91 bits per heavy atom. The molecule has 0 aliphatic heterocycles. The van der Waals surface area contributed by atoms with Crippen LogP contribution in [-0.2, 0) is 0 Å². The summed E-state index contributed by atoms with van der Waals surface area (Å²) in [4.78, 5) is 21.7. The first-order valence-corrected chi connectivity index (χ1v) is 11.2. The number of aliphatic hydroxyl groups is 2. The highest BCUT2D eigenvalue weighted by molar-refractivity contribution is 5.95. The Kier molecular flexibility index (Phi) is 5.47. The van der Waals surface area contributed by atoms with Gasteiger partial charge in [-0.25, -0.2) is 9.97 Å². The van der Waals surface area contributed by atoms with Gasteiger partial charge >= 0.3 is 0 Å². The fourth-order valence-electron chi connectivity index (χ4n) is 3.88. The number of nitrogens with one attached hydrogen (secondary N) is 2. The third-order valence-corrected chi connectivity index (χ3v) is 6.11. The number of aliphatic hydroxyl groups excluding tert-OH is 2. The van der Waals surface area contributed by atoms with Crippen LogP contribution in [0, 0.1) is 13.8 Å². The van der Waals surface area contributed by atoms with Crippen LogP contribution in [0.3, 0.4) is 0 Å². The predicted octanol–water partition coefficient (Wildman–Crippen LogP) is 2.82. The molecule has 0 radical (unpaired) electrons. The molecule has 1 saturated carbocycles. The predicted molar refractivity (Wildman–Crippen MR) is 127 cm³/mol. The van der Waals surface area contributed by atoms with Crippen LogP contribution in [0.25, 0.3) is 27.9 Å². The van der Waals surface area contributed by atoms with Gasteiger partial charge < -0.3 is 20.8 Å². The summed E-state index contributed by atoms with van der Waals surface area (Å²) in [5, 5.41) is 25.1. The van der Waals surface area contributed by atoms with Crippen molar-refractivity contribution in [2.24, 2.45) is 0 Å². The average Bonchev–Trinajstić information content (AvgIpc) is 3.52. The zero-order chi connectivity index (χ0) is 23.1. The van der Waals surface area contributed by atoms with Crippen molar-refractivity contribution in [3.63, 3.8) is 0 Å². The van der Waals surface area contributed by atoms with Gasteiger partial charge in [-0.2, -0.15) is 0 Å². The number of hydrogen-bond donors (Lipinski definition) is 4. The van der Waals surface area contributed by atoms with Crippen molar-refractivity contribution in [1.82, 2.24) is 19.7 Å². The Bertz CT molecular complexity index is 1340. The van der Waals surface area contributed by atoms with Gasteiger partial charge in [0.05, 0.1) is 35.6 Å². The molecule has 1 aliphatic carbocycles. The van der Waals surface area contributed by atoms with Gasteiger partial charge in [-0.05, 0) is 62.1 Å². The third-order valence-electron chi connectivity index (χ3n) is 6.11. The summed E-state index contributed by atoms with van der Waals surface area (Å²) in [7, 11) is 0. The minimum Gasteiger partial charge on any atom is -0.394 e. The lowest BCUT2D eigenvalue weighted by Crippen LogP contribution is -2.25. The lowest BCUT2D eigenvalue weighted by Gasteiger charge is -2.14. The van der Waals surface area contributed by atoms with Crippen molar-refractivity contribution in [1.29, 1.82) is 0 Å². The van der Waals surface area contributed by atoms with E-state index >= 15 is 0 Å². The van der Waals surface area contributed by atoms with Crippen LogP contribution in [0.1, 0.15) is 34.3 Å². The smallest absolute Gasteiger partial charge is 0.251 e. The van der Waals surface area contributed by atoms with Crippen molar-refractivity contribution < 1.29 is 15.0 Å². The molecule has 1 unspecified atom stereocenters. The number of anilines is 1. The summed E-state index contributed by atoms with van der Waals surface area (Å²) in [5.74, 6) is 0.488. The van der Waals surface area contributed by atoms with Crippen molar-refractivity contribution in [2.45, 2.75) is 38.8 Å². The molecule has 2 aromatic carbocycles. The summed E-state index contributed by atoms with van der Waals surface area (Å²) in [6.07, 6.45) is 3.00. The first kappa shape index (κ1) is 21.4. The van der Waals surface area contributed by atoms with E-state index in [0.717, 1.165) is 46.3 Å². The fraction of sp³-hybridized carbons (Fsp3) is 0.320. The molecule has 2 aromatic heterocycles. The number of amides is 1. The summed E-state index contributed by atoms with van der Waals surface area (Å²) >= 11 is 0. The SMILES string of the molecule is Cc1cc2nc(NCC(O)CO)c3ncc(-c4ccc(C(=O)NC5CC5)cc4)n3c2cc1C. The first-order chi connectivity index (χ1) is 15.9. The second-order valence-electron chi connectivity index (χ2n) is 8.73. The number of rotatable bonds is 7. The molecular formula is C25H27N5O3. The van der Waals surface area contributed by atoms with Crippen LogP contribution in [0.2, 0.25) is 0 Å². The number of carbonyl (C=O) groups is 1. The maximum Gasteiger partial charge on any atom is 0.251 e. The quantitative estimate of drug-likeness (QED) is 0.348. The normalized spacial score (nSPS) is 14.5. The highest BCUT2D eigenvalue weighted by Crippen LogP contribution is 2.30. The topological polar surface area (TPSA) is 112 Å². The van der Waals surface area contributed by atoms with Gasteiger partial charge in [0.1, 0.15) is 0 Å². The molecule has 33 heavy (non-hydrogen) atoms. The van der Waals surface area contributed by atoms with E-state index in [4.69, 9.17) is 4.98 Å². The molecule has 170 valence electrons. The molecule has 8 nitrogen and oxygen atoms in total. The minimum atomic E-state index is -0.897. The standard InChI is InChI=1S/C25H27N5O3/c1-14-9-20-21(10-15(14)2)30-22(12-27-24(30)23(29-20)26-11-19(32)13-31)16-3-5-17(6-4-16)25(33)28-18-7-8-18/h3-6,9-10,12,18-19,31-32H,7-8,11,13H2,1-2H3,(H,26,29)(H,28,33). The number of fused-ring (bicyclic) bond motifs is 3. The lowest BCUT2D eigenvalue weighted by atomic mass is 10.1. The Balaban J connectivity index is 1.61. The van der Waals surface area contributed by atoms with Crippen LogP contribution in [0.15, 0.2) is 42.6 Å². The van der Waals surface area contributed by atoms with Gasteiger partial charge in [-0.1, -0.05) is 12.1 Å². The van der Waals surface area contributed by atoms with Crippen LogP contribution < -0.4 is 10.6 Å². The van der Waals surface area contributed by atoms with Gasteiger partial charge in [-0.15, -0.1) is 0 Å². The summed E-state index contributed by atoms with van der Waals surface area (Å²) in [6.45, 7) is 3.93. The maximum absolute atomic E-state index is 12.4. The van der Waals surface area contributed by atoms with E-state index in [1.165, 1.54) is 0 Å². The Morgan fingerprint density at radius 3 is 2.61 bits per heavy atom. The molecule has 1 atom stereocenters. The zero-order valence-corrected chi connectivity index (χ0v) is 18.7. The Morgan fingerprint density at radius 1 is 1.18 bits per heavy atom. The van der Waals surface area contributed by atoms with E-state index in [1.807, 2.05) is 41.7 Å². The van der Waals surface area contributed by atoms with Crippen LogP contribution in [0.5, 0.6) is 0 Å². The summed E-state index contributed by atoms with van der Waals surface area (Å²) < 4.78 is 2.04. The molecule has 4 N–H and O–H groups in total. The molecule has 4 aromatic rings. The molecule has 0 bridgehead atoms. The van der Waals surface area contributed by atoms with E-state index in [9.17, 15) is 15.0 Å². The van der Waals surface area contributed by atoms with E-state index in [1.54, 1.807) is 6.20 Å². The average molecular weight is 446 g/mol. The minimum absolute atomic E-state index is 0.0446. The Hall–Kier alpha value is -3.49. The lowest BCUT2D eigenvalue weighted by molar-refractivity contribution is 0.0951. The van der Waals surface area contributed by atoms with E-state index in [2.05, 4.69) is 28.6 Å². The number of aromatic nitrogens is 3. The molecule has 0 spiro atoms. The molecule has 2 heterocycles. The van der Waals surface area contributed by atoms with E-state index in [-0.39, 0.29) is 19.1 Å². The molecule has 1 amide bonds. The number of hydrogen-bond acceptors (Lipinski definition) is 6. The summed E-state index contributed by atoms with van der Waals surface area (Å²) in [6, 6.07) is 12.0. The Labute approximate surface area is 191 Å². The molecular weight excluding hydrogens is 418 g/mol. The largest absolute Gasteiger partial charge is 0.394 e. The van der Waals surface area contributed by atoms with Crippen molar-refractivity contribution in [2.75, 3.05) is 18.5 Å². The highest BCUT2D eigenvalue weighted by atomic mass is 16.3. The van der Waals surface area contributed by atoms with Gasteiger partial charge in [0.15, 0.2) is 11.5 Å². The van der Waals surface area contributed by atoms with Crippen LogP contribution in [-0.4, -0.2) is 55.8 Å². The highest BCUT2D eigenvalue weighted by Gasteiger charge is 2.24. The second-order valence-corrected chi connectivity index (χ2v) is 8.73. The fourth-order valence-corrected chi connectivity index (χ4v) is 3.88. The number of carbonyl (C=O) groups excluding carboxylic acids is 1. The van der Waals surface area contributed by atoms with Crippen molar-refractivity contribution in [3.8, 4) is 11.3 Å². The molecule has 1 aliphatic rings. The van der Waals surface area contributed by atoms with Gasteiger partial charge in [0.25, 0.3) is 5.91 Å². The first-order valence-electron chi connectivity index (χ1n) is 11.2. The third kappa shape index (κ3) is 4.15. The monoisotopic (exact) mass is 445 g/mol. The number of imidazole rings is 1. The number of nitrogens with zero attached hydrogens (tertiary/aromatic N) is 3. The van der Waals surface area contributed by atoms with Gasteiger partial charge in [0.2, 0.25) is 0 Å². The maximum atomic E-state index is 12.4. The van der Waals surface area contributed by atoms with E-state index in [0.29, 0.717) is 23.1 Å². The molecule has 0 saturated heterocycles. The molecule has 8 heteroatoms. The van der Waals surface area contributed by atoms with Crippen molar-refractivity contribution >= 4 is 28.4 Å². The molecule has 5 rings (SSSR count). The van der Waals surface area contributed by atoms with Crippen LogP contribution in [0.4, 0.5) is 5.82 Å². The molecule has 1 fully saturated rings. The van der Waals surface area contributed by atoms with Gasteiger partial charge in [0, 0.05) is 23.7 Å². The van der Waals surface area contributed by atoms with E-state index < -0.39 is 6.10 Å². The zero-order valence-electron chi connectivity index (χ0n) is 18.7. The number of aryl methyl sites for hydroxylation is 2. The van der Waals surface area contributed by atoms with Crippen molar-refractivity contribution in [3.05, 3.63) is 59.3 Å². The summed E-state index contributed by atoms with van der Waals surface area (Å²) in [5.41, 5.74) is 7.06. The second kappa shape index (κ2) is 8.46. The van der Waals surface area contributed by atoms with Crippen LogP contribution >= 0.6 is 0 Å². The van der Waals surface area contributed by atoms with Gasteiger partial charge in [-0.3, -0.25) is 9.20 Å².